The molecular formula is C53H103NO8. The molecule has 7 unspecified atom stereocenters. The molecule has 62 heavy (non-hydrogen) atoms. The number of hydrogen-bond donors (Lipinski definition) is 6. The predicted octanol–water partition coefficient (Wildman–Crippen LogP) is 12.5. The number of ether oxygens (including phenoxy) is 2. The lowest BCUT2D eigenvalue weighted by atomic mass is 9.99. The summed E-state index contributed by atoms with van der Waals surface area (Å²) in [6, 6.07) is -0.718. The van der Waals surface area contributed by atoms with Gasteiger partial charge in [-0.2, -0.15) is 0 Å². The largest absolute Gasteiger partial charge is 0.394 e. The first-order chi connectivity index (χ1) is 30.3. The third kappa shape index (κ3) is 33.4. The molecule has 0 aromatic rings. The van der Waals surface area contributed by atoms with Crippen LogP contribution in [0, 0.1) is 0 Å². The van der Waals surface area contributed by atoms with Crippen LogP contribution in [0.25, 0.3) is 0 Å². The van der Waals surface area contributed by atoms with Gasteiger partial charge >= 0.3 is 0 Å². The standard InChI is InChI=1S/C53H103NO8/c1-3-5-7-9-11-13-15-17-19-21-23-25-26-28-30-32-34-36-38-40-42-47(56)46(45-61-53-52(60)51(59)50(58)48(44-55)62-53)54-49(57)43-41-39-37-35-33-31-29-27-24-22-20-18-16-14-12-10-8-6-4-2/h22,24,46-48,50-53,55-56,58-60H,3-21,23,25-45H2,1-2H3,(H,54,57)/b24-22-. The molecular weight excluding hydrogens is 779 g/mol. The number of aliphatic hydroxyl groups is 5. The van der Waals surface area contributed by atoms with E-state index in [1.807, 2.05) is 0 Å². The van der Waals surface area contributed by atoms with Gasteiger partial charge in [0.05, 0.1) is 25.4 Å². The summed E-state index contributed by atoms with van der Waals surface area (Å²) in [7, 11) is 0. The van der Waals surface area contributed by atoms with Gasteiger partial charge in [0.1, 0.15) is 24.4 Å². The second-order valence-electron chi connectivity index (χ2n) is 19.0. The summed E-state index contributed by atoms with van der Waals surface area (Å²) in [5.74, 6) is -0.145. The molecule has 6 N–H and O–H groups in total. The van der Waals surface area contributed by atoms with Gasteiger partial charge in [0.25, 0.3) is 0 Å². The van der Waals surface area contributed by atoms with E-state index in [2.05, 4.69) is 31.3 Å². The summed E-state index contributed by atoms with van der Waals surface area (Å²) < 4.78 is 11.3. The first-order valence-corrected chi connectivity index (χ1v) is 26.9. The maximum atomic E-state index is 13.0. The van der Waals surface area contributed by atoms with Crippen LogP contribution in [0.2, 0.25) is 0 Å². The number of nitrogens with one attached hydrogen (secondary N) is 1. The summed E-state index contributed by atoms with van der Waals surface area (Å²) in [6.45, 7) is 3.86. The Bertz CT molecular complexity index is 981. The van der Waals surface area contributed by atoms with E-state index in [-0.39, 0.29) is 12.5 Å². The molecule has 1 amide bonds. The topological polar surface area (TPSA) is 149 Å². The van der Waals surface area contributed by atoms with Crippen LogP contribution < -0.4 is 5.32 Å². The molecule has 0 radical (unpaired) electrons. The lowest BCUT2D eigenvalue weighted by Crippen LogP contribution is -2.60. The van der Waals surface area contributed by atoms with Crippen molar-refractivity contribution in [2.45, 2.75) is 307 Å². The molecule has 0 aromatic heterocycles. The third-order valence-corrected chi connectivity index (χ3v) is 13.1. The highest BCUT2D eigenvalue weighted by Gasteiger charge is 2.44. The number of rotatable bonds is 46. The molecule has 0 saturated carbocycles. The molecule has 1 aliphatic heterocycles. The maximum absolute atomic E-state index is 13.0. The molecule has 0 aliphatic carbocycles. The lowest BCUT2D eigenvalue weighted by molar-refractivity contribution is -0.302. The lowest BCUT2D eigenvalue weighted by Gasteiger charge is -2.40. The normalized spacial score (nSPS) is 20.3. The van der Waals surface area contributed by atoms with Gasteiger partial charge in [-0.15, -0.1) is 0 Å². The van der Waals surface area contributed by atoms with Gasteiger partial charge in [-0.25, -0.2) is 0 Å². The quantitative estimate of drug-likeness (QED) is 0.0261. The van der Waals surface area contributed by atoms with E-state index in [1.165, 1.54) is 199 Å². The van der Waals surface area contributed by atoms with Gasteiger partial charge in [-0.3, -0.25) is 4.79 Å². The zero-order valence-electron chi connectivity index (χ0n) is 40.6. The van der Waals surface area contributed by atoms with Crippen LogP contribution in [0.15, 0.2) is 12.2 Å². The minimum absolute atomic E-state index is 0.136. The molecule has 0 bridgehead atoms. The van der Waals surface area contributed by atoms with Crippen LogP contribution in [0.5, 0.6) is 0 Å². The Labute approximate surface area is 382 Å². The predicted molar refractivity (Wildman–Crippen MR) is 258 cm³/mol. The molecule has 0 aromatic carbocycles. The van der Waals surface area contributed by atoms with Gasteiger partial charge in [-0.05, 0) is 38.5 Å². The molecule has 368 valence electrons. The highest BCUT2D eigenvalue weighted by molar-refractivity contribution is 5.76. The van der Waals surface area contributed by atoms with Gasteiger partial charge < -0.3 is 40.3 Å². The summed E-state index contributed by atoms with van der Waals surface area (Å²) >= 11 is 0. The smallest absolute Gasteiger partial charge is 0.220 e. The molecule has 1 heterocycles. The number of unbranched alkanes of at least 4 members (excludes halogenated alkanes) is 34. The summed E-state index contributed by atoms with van der Waals surface area (Å²) in [4.78, 5) is 13.0. The van der Waals surface area contributed by atoms with E-state index < -0.39 is 49.5 Å². The first-order valence-electron chi connectivity index (χ1n) is 26.9. The Morgan fingerprint density at radius 3 is 1.31 bits per heavy atom. The van der Waals surface area contributed by atoms with Gasteiger partial charge in [-0.1, -0.05) is 231 Å². The summed E-state index contributed by atoms with van der Waals surface area (Å²) in [5.41, 5.74) is 0. The molecule has 9 nitrogen and oxygen atoms in total. The second kappa shape index (κ2) is 43.8. The molecule has 7 atom stereocenters. The average Bonchev–Trinajstić information content (AvgIpc) is 3.27. The van der Waals surface area contributed by atoms with E-state index >= 15 is 0 Å². The number of hydrogen-bond acceptors (Lipinski definition) is 8. The molecule has 1 saturated heterocycles. The fraction of sp³-hybridized carbons (Fsp3) is 0.943. The van der Waals surface area contributed by atoms with E-state index in [0.29, 0.717) is 12.8 Å². The van der Waals surface area contributed by atoms with Crippen LogP contribution in [0.4, 0.5) is 0 Å². The van der Waals surface area contributed by atoms with Crippen LogP contribution in [-0.2, 0) is 14.3 Å². The Kier molecular flexibility index (Phi) is 41.6. The Hall–Kier alpha value is -1.07. The number of carbonyl (C=O) groups excluding carboxylic acids is 1. The van der Waals surface area contributed by atoms with E-state index in [4.69, 9.17) is 9.47 Å². The molecule has 9 heteroatoms. The van der Waals surface area contributed by atoms with Gasteiger partial charge in [0.2, 0.25) is 5.91 Å². The Morgan fingerprint density at radius 1 is 0.532 bits per heavy atom. The van der Waals surface area contributed by atoms with Gasteiger partial charge in [0.15, 0.2) is 6.29 Å². The summed E-state index contributed by atoms with van der Waals surface area (Å²) in [6.07, 6.45) is 45.1. The van der Waals surface area contributed by atoms with Crippen molar-refractivity contribution in [2.24, 2.45) is 0 Å². The summed E-state index contributed by atoms with van der Waals surface area (Å²) in [5, 5.41) is 54.6. The van der Waals surface area contributed by atoms with Crippen molar-refractivity contribution in [3.63, 3.8) is 0 Å². The van der Waals surface area contributed by atoms with Crippen molar-refractivity contribution >= 4 is 5.91 Å². The number of aliphatic hydroxyl groups excluding tert-OH is 5. The van der Waals surface area contributed by atoms with E-state index in [0.717, 1.165) is 38.5 Å². The number of allylic oxidation sites excluding steroid dienone is 2. The van der Waals surface area contributed by atoms with E-state index in [1.54, 1.807) is 0 Å². The zero-order valence-corrected chi connectivity index (χ0v) is 40.6. The molecule has 1 aliphatic rings. The Balaban J connectivity index is 2.25. The minimum Gasteiger partial charge on any atom is -0.394 e. The van der Waals surface area contributed by atoms with Crippen LogP contribution in [0.3, 0.4) is 0 Å². The fourth-order valence-electron chi connectivity index (χ4n) is 8.80. The average molecular weight is 882 g/mol. The minimum atomic E-state index is -1.55. The van der Waals surface area contributed by atoms with Crippen molar-refractivity contribution in [3.05, 3.63) is 12.2 Å². The van der Waals surface area contributed by atoms with Crippen molar-refractivity contribution in [2.75, 3.05) is 13.2 Å². The highest BCUT2D eigenvalue weighted by atomic mass is 16.7. The zero-order chi connectivity index (χ0) is 45.1. The highest BCUT2D eigenvalue weighted by Crippen LogP contribution is 2.23. The van der Waals surface area contributed by atoms with Crippen LogP contribution in [-0.4, -0.2) is 87.5 Å². The molecule has 1 rings (SSSR count). The van der Waals surface area contributed by atoms with Crippen molar-refractivity contribution < 1.29 is 39.8 Å². The first kappa shape index (κ1) is 58.9. The van der Waals surface area contributed by atoms with Crippen LogP contribution >= 0.6 is 0 Å². The van der Waals surface area contributed by atoms with Crippen LogP contribution in [0.1, 0.15) is 264 Å². The maximum Gasteiger partial charge on any atom is 0.220 e. The monoisotopic (exact) mass is 882 g/mol. The SMILES string of the molecule is CCCCCCCCCC/C=C\CCCCCCCCCC(=O)NC(COC1OC(CO)C(O)C(O)C1O)C(O)CCCCCCCCCCCCCCCCCCCCCC. The molecule has 0 spiro atoms. The third-order valence-electron chi connectivity index (χ3n) is 13.1. The Morgan fingerprint density at radius 2 is 0.903 bits per heavy atom. The van der Waals surface area contributed by atoms with Crippen molar-refractivity contribution in [1.29, 1.82) is 0 Å². The van der Waals surface area contributed by atoms with Gasteiger partial charge in [0, 0.05) is 6.42 Å². The van der Waals surface area contributed by atoms with Crippen molar-refractivity contribution in [3.8, 4) is 0 Å². The fourth-order valence-corrected chi connectivity index (χ4v) is 8.80. The molecule has 1 fully saturated rings. The number of amides is 1. The second-order valence-corrected chi connectivity index (χ2v) is 19.0. The van der Waals surface area contributed by atoms with E-state index in [9.17, 15) is 30.3 Å². The van der Waals surface area contributed by atoms with Crippen molar-refractivity contribution in [1.82, 2.24) is 5.32 Å². The number of carbonyl (C=O) groups is 1.